The van der Waals surface area contributed by atoms with Gasteiger partial charge in [-0.3, -0.25) is 9.78 Å². The van der Waals surface area contributed by atoms with Crippen LogP contribution in [-0.2, 0) is 0 Å². The van der Waals surface area contributed by atoms with Gasteiger partial charge in [-0.1, -0.05) is 6.92 Å². The second-order valence-electron chi connectivity index (χ2n) is 7.07. The van der Waals surface area contributed by atoms with Gasteiger partial charge in [0.05, 0.1) is 18.0 Å². The third-order valence-corrected chi connectivity index (χ3v) is 5.25. The van der Waals surface area contributed by atoms with Gasteiger partial charge in [0.25, 0.3) is 5.91 Å². The number of aliphatic hydroxyl groups is 1. The molecule has 2 aliphatic rings. The fourth-order valence-corrected chi connectivity index (χ4v) is 3.30. The number of rotatable bonds is 2. The van der Waals surface area contributed by atoms with Crippen LogP contribution in [-0.4, -0.2) is 57.7 Å². The van der Waals surface area contributed by atoms with Crippen LogP contribution in [0.2, 0.25) is 0 Å². The zero-order chi connectivity index (χ0) is 16.4. The van der Waals surface area contributed by atoms with Crippen LogP contribution in [0.3, 0.4) is 0 Å². The zero-order valence-corrected chi connectivity index (χ0v) is 14.0. The van der Waals surface area contributed by atoms with E-state index in [2.05, 4.69) is 14.9 Å². The molecule has 6 nitrogen and oxygen atoms in total. The van der Waals surface area contributed by atoms with Crippen molar-refractivity contribution in [2.24, 2.45) is 5.92 Å². The molecule has 1 aromatic heterocycles. The van der Waals surface area contributed by atoms with E-state index in [4.69, 9.17) is 0 Å². The Balaban J connectivity index is 1.74. The van der Waals surface area contributed by atoms with Gasteiger partial charge in [0.2, 0.25) is 0 Å². The molecule has 3 rings (SSSR count). The molecule has 0 saturated carbocycles. The van der Waals surface area contributed by atoms with E-state index in [-0.39, 0.29) is 11.8 Å². The molecule has 0 spiro atoms. The number of carbonyl (C=O) groups excluding carboxylic acids is 1. The molecule has 1 amide bonds. The lowest BCUT2D eigenvalue weighted by Gasteiger charge is -2.41. The minimum absolute atomic E-state index is 0.0175. The maximum Gasteiger partial charge on any atom is 0.274 e. The first-order chi connectivity index (χ1) is 11.0. The molecule has 3 heterocycles. The third kappa shape index (κ3) is 3.47. The van der Waals surface area contributed by atoms with Gasteiger partial charge in [-0.05, 0) is 32.6 Å². The highest BCUT2D eigenvalue weighted by molar-refractivity contribution is 5.92. The molecule has 23 heavy (non-hydrogen) atoms. The summed E-state index contributed by atoms with van der Waals surface area (Å²) in [5.74, 6) is 0.866. The summed E-state index contributed by atoms with van der Waals surface area (Å²) in [7, 11) is 0. The smallest absolute Gasteiger partial charge is 0.274 e. The number of hydrogen-bond acceptors (Lipinski definition) is 5. The molecule has 2 saturated heterocycles. The average molecular weight is 318 g/mol. The topological polar surface area (TPSA) is 69.6 Å². The fraction of sp³-hybridized carbons (Fsp3) is 0.706. The fourth-order valence-electron chi connectivity index (χ4n) is 3.30. The SMILES string of the molecule is C[C@@H]1CN(c2cncc(C(=O)N3CCCCC3)n2)CC[C@]1(C)O. The maximum absolute atomic E-state index is 12.6. The molecule has 0 aromatic carbocycles. The molecular formula is C17H26N4O2. The number of hydrogen-bond donors (Lipinski definition) is 1. The molecule has 1 N–H and O–H groups in total. The summed E-state index contributed by atoms with van der Waals surface area (Å²) in [5, 5.41) is 10.3. The normalized spacial score (nSPS) is 28.7. The van der Waals surface area contributed by atoms with Crippen LogP contribution in [0.4, 0.5) is 5.82 Å². The van der Waals surface area contributed by atoms with Gasteiger partial charge in [-0.2, -0.15) is 0 Å². The summed E-state index contributed by atoms with van der Waals surface area (Å²) in [6.07, 6.45) is 7.29. The average Bonchev–Trinajstić information content (AvgIpc) is 2.57. The largest absolute Gasteiger partial charge is 0.390 e. The van der Waals surface area contributed by atoms with Crippen molar-refractivity contribution >= 4 is 11.7 Å². The molecule has 2 aliphatic heterocycles. The van der Waals surface area contributed by atoms with Crippen molar-refractivity contribution in [1.82, 2.24) is 14.9 Å². The van der Waals surface area contributed by atoms with Crippen LogP contribution in [0, 0.1) is 5.92 Å². The minimum Gasteiger partial charge on any atom is -0.390 e. The molecule has 0 radical (unpaired) electrons. The van der Waals surface area contributed by atoms with Gasteiger partial charge in [0.15, 0.2) is 0 Å². The lowest BCUT2D eigenvalue weighted by atomic mass is 9.84. The number of anilines is 1. The van der Waals surface area contributed by atoms with E-state index in [1.165, 1.54) is 6.42 Å². The molecular weight excluding hydrogens is 292 g/mol. The minimum atomic E-state index is -0.634. The van der Waals surface area contributed by atoms with Crippen LogP contribution in [0.25, 0.3) is 0 Å². The lowest BCUT2D eigenvalue weighted by molar-refractivity contribution is -0.00950. The Hall–Kier alpha value is -1.69. The van der Waals surface area contributed by atoms with Crippen molar-refractivity contribution < 1.29 is 9.90 Å². The highest BCUT2D eigenvalue weighted by atomic mass is 16.3. The Morgan fingerprint density at radius 1 is 1.26 bits per heavy atom. The van der Waals surface area contributed by atoms with Crippen molar-refractivity contribution in [2.75, 3.05) is 31.1 Å². The Labute approximate surface area is 137 Å². The molecule has 6 heteroatoms. The molecule has 2 atom stereocenters. The molecule has 1 aromatic rings. The number of amides is 1. The molecule has 126 valence electrons. The summed E-state index contributed by atoms with van der Waals surface area (Å²) in [4.78, 5) is 25.3. The predicted molar refractivity (Wildman–Crippen MR) is 88.4 cm³/mol. The van der Waals surface area contributed by atoms with E-state index in [1.54, 1.807) is 12.4 Å². The number of likely N-dealkylation sites (tertiary alicyclic amines) is 1. The van der Waals surface area contributed by atoms with Gasteiger partial charge >= 0.3 is 0 Å². The standard InChI is InChI=1S/C17H26N4O2/c1-13-12-21(9-6-17(13,2)23)15-11-18-10-14(19-15)16(22)20-7-4-3-5-8-20/h10-11,13,23H,3-9,12H2,1-2H3/t13-,17+/m1/s1. The van der Waals surface area contributed by atoms with Gasteiger partial charge in [-0.15, -0.1) is 0 Å². The zero-order valence-electron chi connectivity index (χ0n) is 14.0. The molecule has 0 bridgehead atoms. The Morgan fingerprint density at radius 2 is 2.00 bits per heavy atom. The number of carbonyl (C=O) groups is 1. The van der Waals surface area contributed by atoms with Gasteiger partial charge in [0, 0.05) is 32.1 Å². The second-order valence-corrected chi connectivity index (χ2v) is 7.07. The Bertz CT molecular complexity index is 569. The van der Waals surface area contributed by atoms with Crippen molar-refractivity contribution in [1.29, 1.82) is 0 Å². The van der Waals surface area contributed by atoms with Crippen LogP contribution in [0.1, 0.15) is 50.0 Å². The van der Waals surface area contributed by atoms with Crippen LogP contribution < -0.4 is 4.90 Å². The summed E-state index contributed by atoms with van der Waals surface area (Å²) in [6.45, 7) is 7.01. The first-order valence-corrected chi connectivity index (χ1v) is 8.56. The summed E-state index contributed by atoms with van der Waals surface area (Å²) in [5.41, 5.74) is -0.208. The van der Waals surface area contributed by atoms with Gasteiger partial charge in [-0.25, -0.2) is 4.98 Å². The Morgan fingerprint density at radius 3 is 2.70 bits per heavy atom. The summed E-state index contributed by atoms with van der Waals surface area (Å²) < 4.78 is 0. The van der Waals surface area contributed by atoms with Gasteiger partial charge in [0.1, 0.15) is 11.5 Å². The van der Waals surface area contributed by atoms with Crippen molar-refractivity contribution in [3.05, 3.63) is 18.1 Å². The highest BCUT2D eigenvalue weighted by Gasteiger charge is 2.35. The van der Waals surface area contributed by atoms with E-state index in [9.17, 15) is 9.90 Å². The van der Waals surface area contributed by atoms with Crippen molar-refractivity contribution in [3.63, 3.8) is 0 Å². The van der Waals surface area contributed by atoms with E-state index >= 15 is 0 Å². The van der Waals surface area contributed by atoms with E-state index in [0.717, 1.165) is 44.8 Å². The van der Waals surface area contributed by atoms with Crippen LogP contribution >= 0.6 is 0 Å². The predicted octanol–water partition coefficient (Wildman–Crippen LogP) is 1.70. The van der Waals surface area contributed by atoms with E-state index < -0.39 is 5.60 Å². The van der Waals surface area contributed by atoms with Crippen LogP contribution in [0.5, 0.6) is 0 Å². The second kappa shape index (κ2) is 6.43. The lowest BCUT2D eigenvalue weighted by Crippen LogP contribution is -2.49. The molecule has 2 fully saturated rings. The summed E-state index contributed by atoms with van der Waals surface area (Å²) >= 11 is 0. The molecule has 0 aliphatic carbocycles. The van der Waals surface area contributed by atoms with Crippen molar-refractivity contribution in [3.8, 4) is 0 Å². The number of piperidine rings is 2. The number of nitrogens with zero attached hydrogens (tertiary/aromatic N) is 4. The van der Waals surface area contributed by atoms with E-state index in [0.29, 0.717) is 12.1 Å². The quantitative estimate of drug-likeness (QED) is 0.899. The number of aromatic nitrogens is 2. The summed E-state index contributed by atoms with van der Waals surface area (Å²) in [6, 6.07) is 0. The van der Waals surface area contributed by atoms with Gasteiger partial charge < -0.3 is 14.9 Å². The Kier molecular flexibility index (Phi) is 4.53. The third-order valence-electron chi connectivity index (χ3n) is 5.25. The van der Waals surface area contributed by atoms with E-state index in [1.807, 2.05) is 18.7 Å². The first kappa shape index (κ1) is 16.2. The monoisotopic (exact) mass is 318 g/mol. The van der Waals surface area contributed by atoms with Crippen LogP contribution in [0.15, 0.2) is 12.4 Å². The maximum atomic E-state index is 12.6. The molecule has 0 unspecified atom stereocenters. The van der Waals surface area contributed by atoms with Crippen molar-refractivity contribution in [2.45, 2.75) is 45.1 Å². The first-order valence-electron chi connectivity index (χ1n) is 8.56. The highest BCUT2D eigenvalue weighted by Crippen LogP contribution is 2.29.